The summed E-state index contributed by atoms with van der Waals surface area (Å²) in [4.78, 5) is 0. The van der Waals surface area contributed by atoms with Gasteiger partial charge in [-0.2, -0.15) is 5.10 Å². The number of rotatable bonds is 4. The van der Waals surface area contributed by atoms with Crippen molar-refractivity contribution in [2.45, 2.75) is 19.4 Å². The van der Waals surface area contributed by atoms with Crippen LogP contribution in [0.15, 0.2) is 24.3 Å². The van der Waals surface area contributed by atoms with Gasteiger partial charge in [0.05, 0.1) is 17.4 Å². The fourth-order valence-corrected chi connectivity index (χ4v) is 2.24. The maximum Gasteiger partial charge on any atom is 0.162 e. The molecule has 1 atom stereocenters. The van der Waals surface area contributed by atoms with Crippen molar-refractivity contribution in [2.75, 3.05) is 7.05 Å². The fourth-order valence-electron chi connectivity index (χ4n) is 2.24. The highest BCUT2D eigenvalue weighted by Crippen LogP contribution is 2.21. The summed E-state index contributed by atoms with van der Waals surface area (Å²) in [6.07, 6.45) is 0.374. The minimum Gasteiger partial charge on any atom is -0.311 e. The Kier molecular flexibility index (Phi) is 3.95. The highest BCUT2D eigenvalue weighted by atomic mass is 19.2. The standard InChI is InChI=1S/C14H17F2N3/c1-9-7-13(19(3)18-9)12(17-2)8-10-5-4-6-11(15)14(10)16/h4-7,12,17H,8H2,1-3H3. The predicted octanol–water partition coefficient (Wildman–Crippen LogP) is 2.51. The monoisotopic (exact) mass is 265 g/mol. The van der Waals surface area contributed by atoms with Gasteiger partial charge in [0, 0.05) is 7.05 Å². The van der Waals surface area contributed by atoms with Crippen LogP contribution in [0.1, 0.15) is 23.0 Å². The molecule has 1 aromatic heterocycles. The van der Waals surface area contributed by atoms with Crippen LogP contribution in [0, 0.1) is 18.6 Å². The van der Waals surface area contributed by atoms with E-state index >= 15 is 0 Å². The lowest BCUT2D eigenvalue weighted by molar-refractivity contribution is 0.479. The van der Waals surface area contributed by atoms with Crippen LogP contribution in [0.2, 0.25) is 0 Å². The third kappa shape index (κ3) is 2.81. The molecule has 0 aliphatic carbocycles. The van der Waals surface area contributed by atoms with E-state index in [1.165, 1.54) is 6.07 Å². The zero-order valence-corrected chi connectivity index (χ0v) is 11.2. The predicted molar refractivity (Wildman–Crippen MR) is 69.8 cm³/mol. The van der Waals surface area contributed by atoms with E-state index in [4.69, 9.17) is 0 Å². The summed E-state index contributed by atoms with van der Waals surface area (Å²) in [6, 6.07) is 6.09. The van der Waals surface area contributed by atoms with E-state index < -0.39 is 11.6 Å². The molecule has 0 fully saturated rings. The Hall–Kier alpha value is -1.75. The highest BCUT2D eigenvalue weighted by molar-refractivity contribution is 5.23. The molecule has 3 nitrogen and oxygen atoms in total. The largest absolute Gasteiger partial charge is 0.311 e. The summed E-state index contributed by atoms with van der Waals surface area (Å²) in [5.74, 6) is -1.59. The number of hydrogen-bond acceptors (Lipinski definition) is 2. The van der Waals surface area contributed by atoms with Crippen LogP contribution in [0.4, 0.5) is 8.78 Å². The van der Waals surface area contributed by atoms with Crippen molar-refractivity contribution in [3.63, 3.8) is 0 Å². The average molecular weight is 265 g/mol. The number of aromatic nitrogens is 2. The molecule has 0 saturated heterocycles. The summed E-state index contributed by atoms with van der Waals surface area (Å²) in [7, 11) is 3.64. The second-order valence-corrected chi connectivity index (χ2v) is 4.59. The zero-order valence-electron chi connectivity index (χ0n) is 11.2. The summed E-state index contributed by atoms with van der Waals surface area (Å²) in [5.41, 5.74) is 2.21. The zero-order chi connectivity index (χ0) is 14.0. The second kappa shape index (κ2) is 5.48. The molecule has 1 N–H and O–H groups in total. The smallest absolute Gasteiger partial charge is 0.162 e. The molecule has 1 unspecified atom stereocenters. The number of aryl methyl sites for hydroxylation is 2. The first-order valence-electron chi connectivity index (χ1n) is 6.13. The minimum atomic E-state index is -0.812. The van der Waals surface area contributed by atoms with E-state index in [-0.39, 0.29) is 6.04 Å². The van der Waals surface area contributed by atoms with Crippen molar-refractivity contribution in [1.29, 1.82) is 0 Å². The Balaban J connectivity index is 2.29. The van der Waals surface area contributed by atoms with Crippen LogP contribution < -0.4 is 5.32 Å². The quantitative estimate of drug-likeness (QED) is 0.920. The molecular formula is C14H17F2N3. The van der Waals surface area contributed by atoms with Gasteiger partial charge in [-0.05, 0) is 38.1 Å². The Morgan fingerprint density at radius 3 is 2.68 bits per heavy atom. The van der Waals surface area contributed by atoms with Gasteiger partial charge in [-0.1, -0.05) is 12.1 Å². The normalized spacial score (nSPS) is 12.7. The first kappa shape index (κ1) is 13.7. The molecule has 1 aromatic carbocycles. The number of hydrogen-bond donors (Lipinski definition) is 1. The maximum absolute atomic E-state index is 13.7. The molecule has 0 aliphatic heterocycles. The summed E-state index contributed by atoms with van der Waals surface area (Å²) >= 11 is 0. The van der Waals surface area contributed by atoms with Gasteiger partial charge in [-0.3, -0.25) is 4.68 Å². The summed E-state index contributed by atoms with van der Waals surface area (Å²) in [6.45, 7) is 1.90. The lowest BCUT2D eigenvalue weighted by Gasteiger charge is -2.17. The van der Waals surface area contributed by atoms with Gasteiger partial charge in [-0.15, -0.1) is 0 Å². The average Bonchev–Trinajstić information content (AvgIpc) is 2.70. The van der Waals surface area contributed by atoms with Crippen LogP contribution in [0.5, 0.6) is 0 Å². The van der Waals surface area contributed by atoms with E-state index in [9.17, 15) is 8.78 Å². The molecule has 2 aromatic rings. The number of halogens is 2. The Labute approximate surface area is 111 Å². The number of nitrogens with one attached hydrogen (secondary N) is 1. The first-order chi connectivity index (χ1) is 9.02. The Morgan fingerprint density at radius 1 is 1.37 bits per heavy atom. The van der Waals surface area contributed by atoms with E-state index in [1.807, 2.05) is 20.0 Å². The molecule has 102 valence electrons. The molecule has 0 saturated carbocycles. The molecule has 0 radical (unpaired) electrons. The Morgan fingerprint density at radius 2 is 2.11 bits per heavy atom. The van der Waals surface area contributed by atoms with E-state index in [0.29, 0.717) is 12.0 Å². The van der Waals surface area contributed by atoms with Gasteiger partial charge >= 0.3 is 0 Å². The van der Waals surface area contributed by atoms with Crippen molar-refractivity contribution in [3.05, 3.63) is 52.9 Å². The van der Waals surface area contributed by atoms with E-state index in [2.05, 4.69) is 10.4 Å². The molecule has 0 bridgehead atoms. The third-order valence-corrected chi connectivity index (χ3v) is 3.20. The van der Waals surface area contributed by atoms with E-state index in [1.54, 1.807) is 17.8 Å². The number of nitrogens with zero attached hydrogens (tertiary/aromatic N) is 2. The SMILES string of the molecule is CNC(Cc1cccc(F)c1F)c1cc(C)nn1C. The lowest BCUT2D eigenvalue weighted by atomic mass is 10.0. The maximum atomic E-state index is 13.7. The van der Waals surface area contributed by atoms with Crippen LogP contribution in [-0.2, 0) is 13.5 Å². The highest BCUT2D eigenvalue weighted by Gasteiger charge is 2.18. The van der Waals surface area contributed by atoms with Crippen LogP contribution in [-0.4, -0.2) is 16.8 Å². The molecule has 0 aliphatic rings. The molecule has 19 heavy (non-hydrogen) atoms. The van der Waals surface area contributed by atoms with Crippen molar-refractivity contribution in [1.82, 2.24) is 15.1 Å². The molecule has 0 spiro atoms. The van der Waals surface area contributed by atoms with Crippen molar-refractivity contribution in [2.24, 2.45) is 7.05 Å². The first-order valence-corrected chi connectivity index (χ1v) is 6.13. The van der Waals surface area contributed by atoms with Crippen LogP contribution in [0.25, 0.3) is 0 Å². The van der Waals surface area contributed by atoms with Gasteiger partial charge in [0.1, 0.15) is 0 Å². The topological polar surface area (TPSA) is 29.9 Å². The molecule has 5 heteroatoms. The minimum absolute atomic E-state index is 0.109. The van der Waals surface area contributed by atoms with Gasteiger partial charge in [0.15, 0.2) is 11.6 Å². The van der Waals surface area contributed by atoms with Crippen molar-refractivity contribution < 1.29 is 8.78 Å². The second-order valence-electron chi connectivity index (χ2n) is 4.59. The van der Waals surface area contributed by atoms with Gasteiger partial charge in [-0.25, -0.2) is 8.78 Å². The molecule has 1 heterocycles. The van der Waals surface area contributed by atoms with Crippen molar-refractivity contribution >= 4 is 0 Å². The van der Waals surface area contributed by atoms with Gasteiger partial charge < -0.3 is 5.32 Å². The third-order valence-electron chi connectivity index (χ3n) is 3.20. The van der Waals surface area contributed by atoms with Crippen LogP contribution >= 0.6 is 0 Å². The van der Waals surface area contributed by atoms with Gasteiger partial charge in [0.25, 0.3) is 0 Å². The van der Waals surface area contributed by atoms with Gasteiger partial charge in [0.2, 0.25) is 0 Å². The number of likely N-dealkylation sites (N-methyl/N-ethyl adjacent to an activating group) is 1. The lowest BCUT2D eigenvalue weighted by Crippen LogP contribution is -2.22. The van der Waals surface area contributed by atoms with Crippen LogP contribution in [0.3, 0.4) is 0 Å². The number of benzene rings is 1. The Bertz CT molecular complexity index is 578. The van der Waals surface area contributed by atoms with E-state index in [0.717, 1.165) is 17.5 Å². The molecule has 0 amide bonds. The van der Waals surface area contributed by atoms with Crippen molar-refractivity contribution in [3.8, 4) is 0 Å². The fraction of sp³-hybridized carbons (Fsp3) is 0.357. The molecule has 2 rings (SSSR count). The summed E-state index contributed by atoms with van der Waals surface area (Å²) in [5, 5.41) is 7.39. The summed E-state index contributed by atoms with van der Waals surface area (Å²) < 4.78 is 28.7. The molecular weight excluding hydrogens is 248 g/mol.